The number of carbonyl (C=O) groups is 3. The topological polar surface area (TPSA) is 89.9 Å². The number of aliphatic hydroxyl groups is 1. The average Bonchev–Trinajstić information content (AvgIpc) is 2.67. The van der Waals surface area contributed by atoms with E-state index in [1.807, 2.05) is 0 Å². The van der Waals surface area contributed by atoms with Crippen LogP contribution in [0.4, 0.5) is 0 Å². The second kappa shape index (κ2) is 3.04. The molecule has 2 heterocycles. The van der Waals surface area contributed by atoms with E-state index in [1.54, 1.807) is 0 Å². The van der Waals surface area contributed by atoms with Gasteiger partial charge in [0.1, 0.15) is 0 Å². The zero-order valence-corrected chi connectivity index (χ0v) is 8.29. The lowest BCUT2D eigenvalue weighted by Gasteiger charge is -2.28. The summed E-state index contributed by atoms with van der Waals surface area (Å²) in [6.07, 6.45) is -0.621. The Morgan fingerprint density at radius 1 is 0.938 bits per heavy atom. The molecule has 6 heteroatoms. The largest absolute Gasteiger partial charge is 0.435 e. The van der Waals surface area contributed by atoms with Crippen LogP contribution < -0.4 is 0 Å². The SMILES string of the molecule is O=C1OC(=O)C2CC3C(O)OC(=O)C3CC12. The second-order valence-electron chi connectivity index (χ2n) is 4.52. The zero-order chi connectivity index (χ0) is 11.4. The molecule has 0 radical (unpaired) electrons. The van der Waals surface area contributed by atoms with Gasteiger partial charge < -0.3 is 14.6 Å². The number of esters is 3. The maximum atomic E-state index is 11.4. The summed E-state index contributed by atoms with van der Waals surface area (Å²) in [5.41, 5.74) is 0. The Morgan fingerprint density at radius 3 is 2.25 bits per heavy atom. The van der Waals surface area contributed by atoms with Gasteiger partial charge in [-0.1, -0.05) is 0 Å². The molecule has 2 aliphatic heterocycles. The molecule has 16 heavy (non-hydrogen) atoms. The molecule has 0 aromatic rings. The number of hydrogen-bond donors (Lipinski definition) is 1. The first-order chi connectivity index (χ1) is 7.58. The molecular formula is C10H10O6. The van der Waals surface area contributed by atoms with E-state index in [4.69, 9.17) is 4.74 Å². The smallest absolute Gasteiger partial charge is 0.317 e. The van der Waals surface area contributed by atoms with E-state index < -0.39 is 42.0 Å². The number of hydrogen-bond acceptors (Lipinski definition) is 6. The number of ether oxygens (including phenoxy) is 2. The second-order valence-corrected chi connectivity index (χ2v) is 4.52. The summed E-state index contributed by atoms with van der Waals surface area (Å²) in [6.45, 7) is 0. The molecule has 0 aromatic carbocycles. The Bertz CT molecular complexity index is 389. The molecule has 2 saturated heterocycles. The third kappa shape index (κ3) is 1.13. The number of cyclic esters (lactones) is 3. The maximum Gasteiger partial charge on any atom is 0.317 e. The Hall–Kier alpha value is -1.43. The molecule has 6 nitrogen and oxygen atoms in total. The molecular weight excluding hydrogens is 216 g/mol. The molecule has 3 aliphatic rings. The van der Waals surface area contributed by atoms with Crippen LogP contribution in [0.25, 0.3) is 0 Å². The minimum Gasteiger partial charge on any atom is -0.435 e. The highest BCUT2D eigenvalue weighted by molar-refractivity contribution is 5.97. The molecule has 0 spiro atoms. The van der Waals surface area contributed by atoms with E-state index in [1.165, 1.54) is 0 Å². The summed E-state index contributed by atoms with van der Waals surface area (Å²) in [5, 5.41) is 9.49. The molecule has 0 aromatic heterocycles. The van der Waals surface area contributed by atoms with Crippen LogP contribution in [0.5, 0.6) is 0 Å². The minimum absolute atomic E-state index is 0.246. The van der Waals surface area contributed by atoms with Crippen molar-refractivity contribution in [2.24, 2.45) is 23.7 Å². The highest BCUT2D eigenvalue weighted by atomic mass is 16.6. The van der Waals surface area contributed by atoms with Crippen molar-refractivity contribution in [3.8, 4) is 0 Å². The first kappa shape index (κ1) is 9.77. The van der Waals surface area contributed by atoms with Crippen LogP contribution in [0, 0.1) is 23.7 Å². The lowest BCUT2D eigenvalue weighted by atomic mass is 9.70. The fraction of sp³-hybridized carbons (Fsp3) is 0.700. The molecule has 3 fully saturated rings. The summed E-state index contributed by atoms with van der Waals surface area (Å²) >= 11 is 0. The molecule has 1 saturated carbocycles. The quantitative estimate of drug-likeness (QED) is 0.429. The molecule has 1 N–H and O–H groups in total. The van der Waals surface area contributed by atoms with Gasteiger partial charge in [-0.15, -0.1) is 0 Å². The van der Waals surface area contributed by atoms with Crippen molar-refractivity contribution in [2.75, 3.05) is 0 Å². The molecule has 3 rings (SSSR count). The fourth-order valence-corrected chi connectivity index (χ4v) is 2.89. The van der Waals surface area contributed by atoms with Gasteiger partial charge in [0.15, 0.2) is 0 Å². The van der Waals surface area contributed by atoms with E-state index in [-0.39, 0.29) is 18.8 Å². The Kier molecular flexibility index (Phi) is 1.85. The van der Waals surface area contributed by atoms with Gasteiger partial charge in [-0.2, -0.15) is 0 Å². The van der Waals surface area contributed by atoms with Crippen molar-refractivity contribution in [1.82, 2.24) is 0 Å². The summed E-state index contributed by atoms with van der Waals surface area (Å²) in [5.74, 6) is -3.49. The Morgan fingerprint density at radius 2 is 1.56 bits per heavy atom. The number of fused-ring (bicyclic) bond motifs is 2. The molecule has 86 valence electrons. The Balaban J connectivity index is 1.89. The van der Waals surface area contributed by atoms with Gasteiger partial charge in [-0.3, -0.25) is 14.4 Å². The van der Waals surface area contributed by atoms with Gasteiger partial charge in [-0.05, 0) is 12.8 Å². The van der Waals surface area contributed by atoms with Crippen molar-refractivity contribution in [3.05, 3.63) is 0 Å². The van der Waals surface area contributed by atoms with Crippen molar-refractivity contribution < 1.29 is 29.0 Å². The van der Waals surface area contributed by atoms with Crippen LogP contribution in [0.15, 0.2) is 0 Å². The fourth-order valence-electron chi connectivity index (χ4n) is 2.89. The highest BCUT2D eigenvalue weighted by Crippen LogP contribution is 2.47. The van der Waals surface area contributed by atoms with Crippen molar-refractivity contribution in [1.29, 1.82) is 0 Å². The first-order valence-electron chi connectivity index (χ1n) is 5.22. The third-order valence-electron chi connectivity index (χ3n) is 3.75. The number of carbonyl (C=O) groups excluding carboxylic acids is 3. The van der Waals surface area contributed by atoms with Crippen LogP contribution in [-0.2, 0) is 23.9 Å². The number of rotatable bonds is 0. The zero-order valence-electron chi connectivity index (χ0n) is 8.29. The van der Waals surface area contributed by atoms with Gasteiger partial charge in [0, 0.05) is 5.92 Å². The van der Waals surface area contributed by atoms with Gasteiger partial charge in [-0.25, -0.2) is 0 Å². The normalized spacial score (nSPS) is 46.1. The van der Waals surface area contributed by atoms with Crippen LogP contribution in [0.2, 0.25) is 0 Å². The summed E-state index contributed by atoms with van der Waals surface area (Å²) in [7, 11) is 0. The van der Waals surface area contributed by atoms with E-state index in [0.29, 0.717) is 0 Å². The first-order valence-corrected chi connectivity index (χ1v) is 5.22. The lowest BCUT2D eigenvalue weighted by molar-refractivity contribution is -0.157. The van der Waals surface area contributed by atoms with Crippen LogP contribution in [0.1, 0.15) is 12.8 Å². The van der Waals surface area contributed by atoms with Crippen molar-refractivity contribution in [2.45, 2.75) is 19.1 Å². The minimum atomic E-state index is -1.15. The van der Waals surface area contributed by atoms with E-state index >= 15 is 0 Å². The van der Waals surface area contributed by atoms with Crippen LogP contribution in [-0.4, -0.2) is 29.3 Å². The molecule has 5 unspecified atom stereocenters. The van der Waals surface area contributed by atoms with Gasteiger partial charge in [0.2, 0.25) is 6.29 Å². The van der Waals surface area contributed by atoms with Crippen LogP contribution >= 0.6 is 0 Å². The standard InChI is InChI=1S/C10H10O6/c11-7-3-1-4-6(10(14)16-8(4)12)2-5(3)9(13)15-7/h3-7,11H,1-2H2. The maximum absolute atomic E-state index is 11.4. The van der Waals surface area contributed by atoms with Gasteiger partial charge in [0.25, 0.3) is 0 Å². The molecule has 1 aliphatic carbocycles. The van der Waals surface area contributed by atoms with Gasteiger partial charge in [0.05, 0.1) is 17.8 Å². The molecule has 5 atom stereocenters. The molecule has 0 bridgehead atoms. The highest BCUT2D eigenvalue weighted by Gasteiger charge is 2.57. The number of aliphatic hydroxyl groups excluding tert-OH is 1. The van der Waals surface area contributed by atoms with Crippen LogP contribution in [0.3, 0.4) is 0 Å². The van der Waals surface area contributed by atoms with Crippen molar-refractivity contribution in [3.63, 3.8) is 0 Å². The van der Waals surface area contributed by atoms with E-state index in [0.717, 1.165) is 0 Å². The van der Waals surface area contributed by atoms with Crippen molar-refractivity contribution >= 4 is 17.9 Å². The van der Waals surface area contributed by atoms with Gasteiger partial charge >= 0.3 is 17.9 Å². The predicted molar refractivity (Wildman–Crippen MR) is 46.4 cm³/mol. The summed E-state index contributed by atoms with van der Waals surface area (Å²) in [6, 6.07) is 0. The lowest BCUT2D eigenvalue weighted by Crippen LogP contribution is -2.36. The van der Waals surface area contributed by atoms with E-state index in [9.17, 15) is 19.5 Å². The predicted octanol–water partition coefficient (Wildman–Crippen LogP) is -0.796. The summed E-state index contributed by atoms with van der Waals surface area (Å²) < 4.78 is 9.23. The summed E-state index contributed by atoms with van der Waals surface area (Å²) in [4.78, 5) is 34.1. The van der Waals surface area contributed by atoms with E-state index in [2.05, 4.69) is 4.74 Å². The average molecular weight is 226 g/mol. The Labute approximate surface area is 90.5 Å². The monoisotopic (exact) mass is 226 g/mol. The molecule has 0 amide bonds. The third-order valence-corrected chi connectivity index (χ3v) is 3.75.